The highest BCUT2D eigenvalue weighted by molar-refractivity contribution is 8.01. The molecule has 0 bridgehead atoms. The largest absolute Gasteiger partial charge is 0.480 e. The molecule has 4 atom stereocenters. The highest BCUT2D eigenvalue weighted by Gasteiger charge is 2.57. The smallest absolute Gasteiger partial charge is 0.325 e. The van der Waals surface area contributed by atoms with Crippen molar-refractivity contribution in [2.24, 2.45) is 5.92 Å². The van der Waals surface area contributed by atoms with E-state index in [0.717, 1.165) is 5.56 Å². The standard InChI is InChI=1S/C22H29N3O5S/c1-11(2)10-15(17(26)23-12(3)21(29)30)24-18(27)16-22(4,5)31-20-14-9-7-6-8-13(14)19(28)25(16)20/h6-9,11-12,15-16,20H,10H2,1-5H3,(H,23,26)(H,24,27)(H,29,30). The van der Waals surface area contributed by atoms with Crippen LogP contribution in [0.2, 0.25) is 0 Å². The fraction of sp³-hybridized carbons (Fsp3) is 0.545. The molecule has 168 valence electrons. The van der Waals surface area contributed by atoms with Crippen LogP contribution in [0, 0.1) is 5.92 Å². The lowest BCUT2D eigenvalue weighted by Gasteiger charge is -2.31. The highest BCUT2D eigenvalue weighted by Crippen LogP contribution is 2.56. The second-order valence-corrected chi connectivity index (χ2v) is 10.8. The quantitative estimate of drug-likeness (QED) is 0.590. The average molecular weight is 448 g/mol. The predicted molar refractivity (Wildman–Crippen MR) is 117 cm³/mol. The molecule has 1 aromatic rings. The summed E-state index contributed by atoms with van der Waals surface area (Å²) in [6, 6.07) is 4.62. The number of rotatable bonds is 7. The first-order chi connectivity index (χ1) is 14.4. The second-order valence-electron chi connectivity index (χ2n) is 9.04. The SMILES string of the molecule is CC(C)CC(NC(=O)C1N2C(=O)c3ccccc3C2SC1(C)C)C(=O)NC(C)C(=O)O. The number of amides is 3. The third-order valence-electron chi connectivity index (χ3n) is 5.61. The van der Waals surface area contributed by atoms with Crippen LogP contribution >= 0.6 is 11.8 Å². The molecule has 9 heteroatoms. The third kappa shape index (κ3) is 4.42. The van der Waals surface area contributed by atoms with Crippen molar-refractivity contribution in [2.75, 3.05) is 0 Å². The number of carbonyl (C=O) groups excluding carboxylic acids is 3. The molecule has 1 fully saturated rings. The molecule has 2 heterocycles. The van der Waals surface area contributed by atoms with Crippen molar-refractivity contribution in [3.63, 3.8) is 0 Å². The van der Waals surface area contributed by atoms with Crippen molar-refractivity contribution in [2.45, 2.75) is 69.3 Å². The topological polar surface area (TPSA) is 116 Å². The molecular weight excluding hydrogens is 418 g/mol. The van der Waals surface area contributed by atoms with Gasteiger partial charge in [0.2, 0.25) is 11.8 Å². The van der Waals surface area contributed by atoms with E-state index >= 15 is 0 Å². The van der Waals surface area contributed by atoms with Gasteiger partial charge in [-0.15, -0.1) is 11.8 Å². The van der Waals surface area contributed by atoms with Crippen molar-refractivity contribution in [1.29, 1.82) is 0 Å². The zero-order valence-corrected chi connectivity index (χ0v) is 19.2. The Morgan fingerprint density at radius 2 is 1.81 bits per heavy atom. The van der Waals surface area contributed by atoms with Gasteiger partial charge in [0.15, 0.2) is 0 Å². The van der Waals surface area contributed by atoms with Crippen molar-refractivity contribution in [3.05, 3.63) is 35.4 Å². The minimum absolute atomic E-state index is 0.0903. The molecule has 3 rings (SSSR count). The highest BCUT2D eigenvalue weighted by atomic mass is 32.2. The second kappa shape index (κ2) is 8.53. The van der Waals surface area contributed by atoms with Crippen LogP contribution in [-0.4, -0.2) is 56.6 Å². The molecule has 0 saturated carbocycles. The number of nitrogens with one attached hydrogen (secondary N) is 2. The molecule has 0 aliphatic carbocycles. The number of hydrogen-bond donors (Lipinski definition) is 3. The minimum Gasteiger partial charge on any atom is -0.480 e. The van der Waals surface area contributed by atoms with Gasteiger partial charge in [0.05, 0.1) is 0 Å². The Bertz CT molecular complexity index is 916. The number of carboxylic acids is 1. The van der Waals surface area contributed by atoms with E-state index in [1.54, 1.807) is 28.8 Å². The normalized spacial score (nSPS) is 23.2. The van der Waals surface area contributed by atoms with E-state index in [0.29, 0.717) is 12.0 Å². The van der Waals surface area contributed by atoms with Crippen LogP contribution in [-0.2, 0) is 14.4 Å². The summed E-state index contributed by atoms with van der Waals surface area (Å²) in [4.78, 5) is 51.9. The van der Waals surface area contributed by atoms with Gasteiger partial charge in [-0.05, 0) is 44.7 Å². The first-order valence-electron chi connectivity index (χ1n) is 10.4. The summed E-state index contributed by atoms with van der Waals surface area (Å²) in [6.45, 7) is 9.04. The zero-order valence-electron chi connectivity index (χ0n) is 18.3. The van der Waals surface area contributed by atoms with Gasteiger partial charge < -0.3 is 20.6 Å². The molecule has 3 N–H and O–H groups in total. The molecule has 2 aliphatic heterocycles. The van der Waals surface area contributed by atoms with Crippen molar-refractivity contribution in [3.8, 4) is 0 Å². The first-order valence-corrected chi connectivity index (χ1v) is 11.2. The van der Waals surface area contributed by atoms with Crippen LogP contribution in [0.1, 0.15) is 62.3 Å². The predicted octanol–water partition coefficient (Wildman–Crippen LogP) is 2.16. The summed E-state index contributed by atoms with van der Waals surface area (Å²) >= 11 is 1.55. The van der Waals surface area contributed by atoms with E-state index in [1.807, 2.05) is 39.8 Å². The summed E-state index contributed by atoms with van der Waals surface area (Å²) in [7, 11) is 0. The van der Waals surface area contributed by atoms with Crippen molar-refractivity contribution in [1.82, 2.24) is 15.5 Å². The Morgan fingerprint density at radius 3 is 2.42 bits per heavy atom. The van der Waals surface area contributed by atoms with Gasteiger partial charge in [0, 0.05) is 10.3 Å². The molecule has 0 aromatic heterocycles. The number of benzene rings is 1. The molecule has 4 unspecified atom stereocenters. The maximum atomic E-state index is 13.4. The number of nitrogens with zero attached hydrogens (tertiary/aromatic N) is 1. The number of fused-ring (bicyclic) bond motifs is 3. The average Bonchev–Trinajstić information content (AvgIpc) is 3.10. The molecule has 1 aromatic carbocycles. The number of thioether (sulfide) groups is 1. The van der Waals surface area contributed by atoms with Crippen LogP contribution in [0.5, 0.6) is 0 Å². The summed E-state index contributed by atoms with van der Waals surface area (Å²) in [6.07, 6.45) is 0.349. The zero-order chi connectivity index (χ0) is 23.1. The minimum atomic E-state index is -1.15. The lowest BCUT2D eigenvalue weighted by molar-refractivity contribution is -0.141. The third-order valence-corrected chi connectivity index (χ3v) is 7.15. The molecular formula is C22H29N3O5S. The molecule has 1 saturated heterocycles. The number of carbonyl (C=O) groups is 4. The molecule has 31 heavy (non-hydrogen) atoms. The van der Waals surface area contributed by atoms with E-state index in [2.05, 4.69) is 10.6 Å². The van der Waals surface area contributed by atoms with Gasteiger partial charge in [-0.2, -0.15) is 0 Å². The van der Waals surface area contributed by atoms with E-state index < -0.39 is 40.7 Å². The number of hydrogen-bond acceptors (Lipinski definition) is 5. The summed E-state index contributed by atoms with van der Waals surface area (Å²) < 4.78 is -0.564. The maximum absolute atomic E-state index is 13.4. The Labute approximate surface area is 186 Å². The van der Waals surface area contributed by atoms with Gasteiger partial charge in [-0.25, -0.2) is 0 Å². The summed E-state index contributed by atoms with van der Waals surface area (Å²) in [5.74, 6) is -2.21. The van der Waals surface area contributed by atoms with E-state index in [9.17, 15) is 19.2 Å². The number of aliphatic carboxylic acids is 1. The summed E-state index contributed by atoms with van der Waals surface area (Å²) in [5, 5.41) is 14.1. The Balaban J connectivity index is 1.83. The van der Waals surface area contributed by atoms with Crippen molar-refractivity contribution >= 4 is 35.5 Å². The van der Waals surface area contributed by atoms with Crippen LogP contribution in [0.25, 0.3) is 0 Å². The molecule has 8 nitrogen and oxygen atoms in total. The van der Waals surface area contributed by atoms with Gasteiger partial charge in [0.25, 0.3) is 5.91 Å². The van der Waals surface area contributed by atoms with Crippen LogP contribution in [0.15, 0.2) is 24.3 Å². The van der Waals surface area contributed by atoms with E-state index in [1.165, 1.54) is 6.92 Å². The Kier molecular flexibility index (Phi) is 6.36. The van der Waals surface area contributed by atoms with Crippen molar-refractivity contribution < 1.29 is 24.3 Å². The van der Waals surface area contributed by atoms with Crippen LogP contribution < -0.4 is 10.6 Å². The van der Waals surface area contributed by atoms with Gasteiger partial charge in [-0.1, -0.05) is 32.0 Å². The van der Waals surface area contributed by atoms with Crippen LogP contribution in [0.3, 0.4) is 0 Å². The lowest BCUT2D eigenvalue weighted by atomic mass is 9.98. The summed E-state index contributed by atoms with van der Waals surface area (Å²) in [5.41, 5.74) is 1.49. The molecule has 2 aliphatic rings. The fourth-order valence-electron chi connectivity index (χ4n) is 4.13. The van der Waals surface area contributed by atoms with Crippen LogP contribution in [0.4, 0.5) is 0 Å². The fourth-order valence-corrected chi connectivity index (χ4v) is 5.72. The van der Waals surface area contributed by atoms with Gasteiger partial charge >= 0.3 is 5.97 Å². The van der Waals surface area contributed by atoms with E-state index in [-0.39, 0.29) is 17.2 Å². The van der Waals surface area contributed by atoms with Gasteiger partial charge in [0.1, 0.15) is 23.5 Å². The lowest BCUT2D eigenvalue weighted by Crippen LogP contribution is -2.58. The van der Waals surface area contributed by atoms with Gasteiger partial charge in [-0.3, -0.25) is 19.2 Å². The Morgan fingerprint density at radius 1 is 1.16 bits per heavy atom. The van der Waals surface area contributed by atoms with E-state index in [4.69, 9.17) is 5.11 Å². The first kappa shape index (κ1) is 23.1. The Hall–Kier alpha value is -2.55. The molecule has 3 amide bonds. The molecule has 0 radical (unpaired) electrons. The maximum Gasteiger partial charge on any atom is 0.325 e. The molecule has 0 spiro atoms. The monoisotopic (exact) mass is 447 g/mol. The number of carboxylic acid groups (broad SMARTS) is 1.